The lowest BCUT2D eigenvalue weighted by Gasteiger charge is -2.18. The van der Waals surface area contributed by atoms with Gasteiger partial charge in [-0.1, -0.05) is 12.1 Å². The first-order valence-corrected chi connectivity index (χ1v) is 9.47. The molecule has 27 heavy (non-hydrogen) atoms. The van der Waals surface area contributed by atoms with E-state index in [0.29, 0.717) is 0 Å². The maximum atomic E-state index is 4.52. The Morgan fingerprint density at radius 3 is 2.11 bits per heavy atom. The average Bonchev–Trinajstić information content (AvgIpc) is 3.16. The van der Waals surface area contributed by atoms with E-state index in [1.54, 1.807) is 0 Å². The fourth-order valence-corrected chi connectivity index (χ4v) is 3.45. The van der Waals surface area contributed by atoms with Gasteiger partial charge >= 0.3 is 0 Å². The average molecular weight is 359 g/mol. The van der Waals surface area contributed by atoms with Crippen molar-refractivity contribution in [2.24, 2.45) is 0 Å². The lowest BCUT2D eigenvalue weighted by Crippen LogP contribution is -2.17. The summed E-state index contributed by atoms with van der Waals surface area (Å²) in [7, 11) is 0. The van der Waals surface area contributed by atoms with Crippen molar-refractivity contribution in [3.05, 3.63) is 66.0 Å². The Bertz CT molecular complexity index is 914. The van der Waals surface area contributed by atoms with Gasteiger partial charge in [-0.2, -0.15) is 0 Å². The second-order valence-electron chi connectivity index (χ2n) is 7.05. The van der Waals surface area contributed by atoms with Gasteiger partial charge in [-0.3, -0.25) is 0 Å². The van der Waals surface area contributed by atoms with Crippen molar-refractivity contribution in [3.63, 3.8) is 0 Å². The molecule has 1 fully saturated rings. The Balaban J connectivity index is 1.49. The third-order valence-electron chi connectivity index (χ3n) is 4.74. The lowest BCUT2D eigenvalue weighted by molar-refractivity contribution is 0.949. The van der Waals surface area contributed by atoms with Crippen LogP contribution in [0.2, 0.25) is 0 Å². The van der Waals surface area contributed by atoms with Crippen molar-refractivity contribution in [2.75, 3.05) is 28.6 Å². The molecule has 3 aromatic rings. The van der Waals surface area contributed by atoms with E-state index in [4.69, 9.17) is 0 Å². The minimum absolute atomic E-state index is 0.726. The van der Waals surface area contributed by atoms with E-state index in [9.17, 15) is 0 Å². The molecule has 0 saturated carbocycles. The van der Waals surface area contributed by atoms with Gasteiger partial charge in [-0.15, -0.1) is 0 Å². The molecule has 2 N–H and O–H groups in total. The number of aryl methyl sites for hydroxylation is 2. The zero-order valence-electron chi connectivity index (χ0n) is 15.9. The molecular formula is C22H25N5. The predicted octanol–water partition coefficient (Wildman–Crippen LogP) is 5.18. The molecule has 1 aliphatic rings. The van der Waals surface area contributed by atoms with Crippen molar-refractivity contribution >= 4 is 28.7 Å². The standard InChI is InChI=1S/C22H25N5/c1-16-6-5-7-19(14-16)26-22-15-21(23-17(2)24-22)25-18-8-10-20(11-9-18)27-12-3-4-13-27/h5-11,14-15H,3-4,12-13H2,1-2H3,(H2,23,24,25,26). The van der Waals surface area contributed by atoms with Gasteiger partial charge in [-0.05, 0) is 68.7 Å². The normalized spacial score (nSPS) is 13.6. The van der Waals surface area contributed by atoms with Gasteiger partial charge in [0, 0.05) is 36.2 Å². The quantitative estimate of drug-likeness (QED) is 0.657. The molecule has 0 amide bonds. The minimum atomic E-state index is 0.726. The second kappa shape index (κ2) is 7.66. The summed E-state index contributed by atoms with van der Waals surface area (Å²) in [6.07, 6.45) is 2.58. The van der Waals surface area contributed by atoms with Gasteiger partial charge in [0.25, 0.3) is 0 Å². The molecule has 5 nitrogen and oxygen atoms in total. The number of nitrogens with one attached hydrogen (secondary N) is 2. The molecule has 138 valence electrons. The smallest absolute Gasteiger partial charge is 0.136 e. The molecule has 0 spiro atoms. The highest BCUT2D eigenvalue weighted by molar-refractivity contribution is 5.65. The highest BCUT2D eigenvalue weighted by Gasteiger charge is 2.12. The molecule has 1 aliphatic heterocycles. The van der Waals surface area contributed by atoms with Crippen molar-refractivity contribution < 1.29 is 0 Å². The Morgan fingerprint density at radius 2 is 1.44 bits per heavy atom. The van der Waals surface area contributed by atoms with Crippen LogP contribution in [0.25, 0.3) is 0 Å². The van der Waals surface area contributed by atoms with E-state index in [1.807, 2.05) is 25.1 Å². The van der Waals surface area contributed by atoms with Crippen LogP contribution in [0, 0.1) is 13.8 Å². The zero-order valence-corrected chi connectivity index (χ0v) is 15.9. The Hall–Kier alpha value is -3.08. The summed E-state index contributed by atoms with van der Waals surface area (Å²) >= 11 is 0. The zero-order chi connectivity index (χ0) is 18.6. The van der Waals surface area contributed by atoms with Crippen molar-refractivity contribution in [1.29, 1.82) is 0 Å². The van der Waals surface area contributed by atoms with Crippen molar-refractivity contribution in [2.45, 2.75) is 26.7 Å². The highest BCUT2D eigenvalue weighted by Crippen LogP contribution is 2.25. The van der Waals surface area contributed by atoms with Crippen LogP contribution in [0.4, 0.5) is 28.7 Å². The van der Waals surface area contributed by atoms with Crippen molar-refractivity contribution in [1.82, 2.24) is 9.97 Å². The van der Waals surface area contributed by atoms with Gasteiger partial charge < -0.3 is 15.5 Å². The molecular weight excluding hydrogens is 334 g/mol. The minimum Gasteiger partial charge on any atom is -0.372 e. The van der Waals surface area contributed by atoms with Crippen molar-refractivity contribution in [3.8, 4) is 0 Å². The number of hydrogen-bond acceptors (Lipinski definition) is 5. The van der Waals surface area contributed by atoms with Gasteiger partial charge in [0.2, 0.25) is 0 Å². The van der Waals surface area contributed by atoms with Crippen LogP contribution in [0.15, 0.2) is 54.6 Å². The first kappa shape index (κ1) is 17.3. The summed E-state index contributed by atoms with van der Waals surface area (Å²) in [5.41, 5.74) is 4.55. The number of benzene rings is 2. The largest absolute Gasteiger partial charge is 0.372 e. The summed E-state index contributed by atoms with van der Waals surface area (Å²) in [5.74, 6) is 2.29. The summed E-state index contributed by atoms with van der Waals surface area (Å²) in [4.78, 5) is 11.4. The predicted molar refractivity (Wildman–Crippen MR) is 112 cm³/mol. The van der Waals surface area contributed by atoms with Gasteiger partial charge in [0.05, 0.1) is 0 Å². The Morgan fingerprint density at radius 1 is 0.778 bits per heavy atom. The van der Waals surface area contributed by atoms with Crippen LogP contribution >= 0.6 is 0 Å². The van der Waals surface area contributed by atoms with E-state index in [2.05, 4.69) is 68.8 Å². The molecule has 0 atom stereocenters. The van der Waals surface area contributed by atoms with E-state index in [1.165, 1.54) is 24.1 Å². The lowest BCUT2D eigenvalue weighted by atomic mass is 10.2. The maximum Gasteiger partial charge on any atom is 0.136 e. The van der Waals surface area contributed by atoms with E-state index in [0.717, 1.165) is 41.9 Å². The molecule has 1 aromatic heterocycles. The second-order valence-corrected chi connectivity index (χ2v) is 7.05. The SMILES string of the molecule is Cc1cccc(Nc2cc(Nc3ccc(N4CCCC4)cc3)nc(C)n2)c1. The summed E-state index contributed by atoms with van der Waals surface area (Å²) < 4.78 is 0. The number of rotatable bonds is 5. The fourth-order valence-electron chi connectivity index (χ4n) is 3.45. The maximum absolute atomic E-state index is 4.52. The molecule has 4 rings (SSSR count). The van der Waals surface area contributed by atoms with E-state index in [-0.39, 0.29) is 0 Å². The number of aromatic nitrogens is 2. The van der Waals surface area contributed by atoms with Crippen LogP contribution in [0.5, 0.6) is 0 Å². The summed E-state index contributed by atoms with van der Waals surface area (Å²) in [5, 5.41) is 6.75. The van der Waals surface area contributed by atoms with E-state index < -0.39 is 0 Å². The number of hydrogen-bond donors (Lipinski definition) is 2. The molecule has 0 aliphatic carbocycles. The third-order valence-corrected chi connectivity index (χ3v) is 4.74. The van der Waals surface area contributed by atoms with E-state index >= 15 is 0 Å². The van der Waals surface area contributed by atoms with Crippen LogP contribution in [-0.4, -0.2) is 23.1 Å². The highest BCUT2D eigenvalue weighted by atomic mass is 15.1. The molecule has 1 saturated heterocycles. The Kier molecular flexibility index (Phi) is 4.92. The first-order chi connectivity index (χ1) is 13.2. The van der Waals surface area contributed by atoms with Gasteiger partial charge in [-0.25, -0.2) is 9.97 Å². The third kappa shape index (κ3) is 4.37. The topological polar surface area (TPSA) is 53.1 Å². The number of anilines is 5. The van der Waals surface area contributed by atoms with Gasteiger partial charge in [0.1, 0.15) is 17.5 Å². The summed E-state index contributed by atoms with van der Waals surface area (Å²) in [6, 6.07) is 18.8. The van der Waals surface area contributed by atoms with Crippen LogP contribution in [0.1, 0.15) is 24.2 Å². The first-order valence-electron chi connectivity index (χ1n) is 9.47. The molecule has 0 radical (unpaired) electrons. The monoisotopic (exact) mass is 359 g/mol. The van der Waals surface area contributed by atoms with Crippen LogP contribution in [-0.2, 0) is 0 Å². The Labute approximate surface area is 160 Å². The molecule has 2 heterocycles. The molecule has 0 unspecified atom stereocenters. The fraction of sp³-hybridized carbons (Fsp3) is 0.273. The summed E-state index contributed by atoms with van der Waals surface area (Å²) in [6.45, 7) is 6.30. The van der Waals surface area contributed by atoms with Crippen LogP contribution in [0.3, 0.4) is 0 Å². The number of nitrogens with zero attached hydrogens (tertiary/aromatic N) is 3. The van der Waals surface area contributed by atoms with Gasteiger partial charge in [0.15, 0.2) is 0 Å². The molecule has 0 bridgehead atoms. The molecule has 2 aromatic carbocycles. The van der Waals surface area contributed by atoms with Crippen LogP contribution < -0.4 is 15.5 Å². The molecule has 5 heteroatoms.